The molecule has 5 rings (SSSR count). The largest absolute Gasteiger partial charge is 0.462 e. The van der Waals surface area contributed by atoms with Crippen LogP contribution in [0, 0.1) is 5.92 Å². The third-order valence-electron chi connectivity index (χ3n) is 6.95. The number of piperidine rings is 1. The molecule has 2 aromatic rings. The maximum Gasteiger partial charge on any atom is 0.176 e. The zero-order valence-electron chi connectivity index (χ0n) is 17.7. The summed E-state index contributed by atoms with van der Waals surface area (Å²) in [5, 5.41) is 23.8. The first-order valence-corrected chi connectivity index (χ1v) is 11.4. The fourth-order valence-electron chi connectivity index (χ4n) is 5.26. The number of aliphatic hydroxyl groups is 2. The first kappa shape index (κ1) is 21.1. The second-order valence-electron chi connectivity index (χ2n) is 8.96. The van der Waals surface area contributed by atoms with Gasteiger partial charge in [0.25, 0.3) is 0 Å². The Labute approximate surface area is 182 Å². The zero-order valence-corrected chi connectivity index (χ0v) is 17.7. The van der Waals surface area contributed by atoms with Crippen molar-refractivity contribution in [1.29, 1.82) is 0 Å². The van der Waals surface area contributed by atoms with Gasteiger partial charge in [0.1, 0.15) is 24.2 Å². The summed E-state index contributed by atoms with van der Waals surface area (Å²) >= 11 is 0. The average molecular weight is 429 g/mol. The van der Waals surface area contributed by atoms with Crippen molar-refractivity contribution in [2.75, 3.05) is 19.7 Å². The van der Waals surface area contributed by atoms with E-state index in [4.69, 9.17) is 13.9 Å². The Morgan fingerprint density at radius 3 is 2.55 bits per heavy atom. The summed E-state index contributed by atoms with van der Waals surface area (Å²) in [4.78, 5) is 2.35. The molecule has 168 valence electrons. The van der Waals surface area contributed by atoms with E-state index in [1.165, 1.54) is 5.56 Å². The van der Waals surface area contributed by atoms with Gasteiger partial charge in [0, 0.05) is 0 Å². The highest BCUT2D eigenvalue weighted by atomic mass is 16.7. The predicted octanol–water partition coefficient (Wildman–Crippen LogP) is 1.67. The number of furan rings is 1. The van der Waals surface area contributed by atoms with Gasteiger partial charge in [-0.25, -0.2) is 0 Å². The van der Waals surface area contributed by atoms with E-state index in [-0.39, 0.29) is 31.1 Å². The molecule has 1 aromatic heterocycles. The lowest BCUT2D eigenvalue weighted by Crippen LogP contribution is -2.65. The minimum atomic E-state index is -0.579. The standard InChI is InChI=1S/C24H32N2O5/c27-14-19-7-6-18(30-19)13-25-21-20-15-29-24(31-20)22(23(21)28)26-10-8-17(9-11-26)12-16-4-2-1-3-5-16/h1-7,17,20-25,27-28H,8-15H2/t20-,21+,22-,23-,24+/m0/s1. The number of ether oxygens (including phenoxy) is 2. The summed E-state index contributed by atoms with van der Waals surface area (Å²) in [5.74, 6) is 1.94. The maximum atomic E-state index is 11.3. The molecule has 3 fully saturated rings. The molecular weight excluding hydrogens is 396 g/mol. The van der Waals surface area contributed by atoms with Crippen molar-refractivity contribution in [3.8, 4) is 0 Å². The SMILES string of the molecule is OCc1ccc(CN[C@H]2[C@H](O)[C@H](N3CCC(Cc4ccccc4)CC3)[C@@H]3OC[C@@H]2O3)o1. The van der Waals surface area contributed by atoms with E-state index in [1.54, 1.807) is 6.07 Å². The van der Waals surface area contributed by atoms with Crippen LogP contribution < -0.4 is 5.32 Å². The van der Waals surface area contributed by atoms with Crippen LogP contribution in [0.1, 0.15) is 29.9 Å². The minimum absolute atomic E-state index is 0.115. The summed E-state index contributed by atoms with van der Waals surface area (Å²) in [6.45, 7) is 2.73. The van der Waals surface area contributed by atoms with E-state index in [1.807, 2.05) is 6.07 Å². The van der Waals surface area contributed by atoms with Crippen LogP contribution >= 0.6 is 0 Å². The molecule has 5 atom stereocenters. The second kappa shape index (κ2) is 9.40. The normalized spacial score (nSPS) is 31.9. The number of hydrogen-bond donors (Lipinski definition) is 3. The molecule has 1 aromatic carbocycles. The van der Waals surface area contributed by atoms with E-state index in [2.05, 4.69) is 40.5 Å². The lowest BCUT2D eigenvalue weighted by atomic mass is 9.87. The number of aliphatic hydroxyl groups excluding tert-OH is 2. The molecule has 3 aliphatic rings. The fraction of sp³-hybridized carbons (Fsp3) is 0.583. The molecule has 0 unspecified atom stereocenters. The molecule has 0 radical (unpaired) electrons. The van der Waals surface area contributed by atoms with E-state index in [0.717, 1.165) is 38.1 Å². The lowest BCUT2D eigenvalue weighted by Gasteiger charge is -2.46. The topological polar surface area (TPSA) is 87.3 Å². The van der Waals surface area contributed by atoms with Crippen LogP contribution in [0.25, 0.3) is 0 Å². The molecule has 3 saturated heterocycles. The second-order valence-corrected chi connectivity index (χ2v) is 8.96. The molecule has 2 bridgehead atoms. The van der Waals surface area contributed by atoms with Crippen molar-refractivity contribution in [1.82, 2.24) is 10.2 Å². The van der Waals surface area contributed by atoms with Gasteiger partial charge in [0.2, 0.25) is 0 Å². The Bertz CT molecular complexity index is 836. The third-order valence-corrected chi connectivity index (χ3v) is 6.95. The number of benzene rings is 1. The van der Waals surface area contributed by atoms with Gasteiger partial charge in [0.05, 0.1) is 31.3 Å². The average Bonchev–Trinajstić information content (AvgIpc) is 3.44. The van der Waals surface area contributed by atoms with Crippen LogP contribution in [0.5, 0.6) is 0 Å². The number of likely N-dealkylation sites (tertiary alicyclic amines) is 1. The van der Waals surface area contributed by atoms with Gasteiger partial charge in [-0.15, -0.1) is 0 Å². The molecule has 0 spiro atoms. The Balaban J connectivity index is 1.19. The Hall–Kier alpha value is -1.74. The van der Waals surface area contributed by atoms with E-state index in [0.29, 0.717) is 24.8 Å². The predicted molar refractivity (Wildman–Crippen MR) is 114 cm³/mol. The van der Waals surface area contributed by atoms with E-state index in [9.17, 15) is 10.2 Å². The molecule has 0 saturated carbocycles. The highest BCUT2D eigenvalue weighted by Gasteiger charge is 2.52. The van der Waals surface area contributed by atoms with Crippen molar-refractivity contribution in [3.63, 3.8) is 0 Å². The van der Waals surface area contributed by atoms with Gasteiger partial charge in [-0.1, -0.05) is 30.3 Å². The van der Waals surface area contributed by atoms with Crippen LogP contribution in [0.2, 0.25) is 0 Å². The third kappa shape index (κ3) is 4.58. The smallest absolute Gasteiger partial charge is 0.176 e. The highest BCUT2D eigenvalue weighted by Crippen LogP contribution is 2.34. The molecule has 0 aliphatic carbocycles. The van der Waals surface area contributed by atoms with E-state index < -0.39 is 6.10 Å². The first-order valence-electron chi connectivity index (χ1n) is 11.4. The molecule has 3 N–H and O–H groups in total. The number of nitrogens with one attached hydrogen (secondary N) is 1. The van der Waals surface area contributed by atoms with Gasteiger partial charge >= 0.3 is 0 Å². The fourth-order valence-corrected chi connectivity index (χ4v) is 5.26. The van der Waals surface area contributed by atoms with Crippen molar-refractivity contribution >= 4 is 0 Å². The van der Waals surface area contributed by atoms with Gasteiger partial charge in [-0.2, -0.15) is 0 Å². The van der Waals surface area contributed by atoms with Crippen molar-refractivity contribution in [2.24, 2.45) is 5.92 Å². The monoisotopic (exact) mass is 428 g/mol. The van der Waals surface area contributed by atoms with Gasteiger partial charge < -0.3 is 29.4 Å². The Morgan fingerprint density at radius 2 is 1.81 bits per heavy atom. The quantitative estimate of drug-likeness (QED) is 0.618. The lowest BCUT2D eigenvalue weighted by molar-refractivity contribution is -0.186. The summed E-state index contributed by atoms with van der Waals surface area (Å²) < 4.78 is 17.6. The van der Waals surface area contributed by atoms with Gasteiger partial charge in [0.15, 0.2) is 6.29 Å². The summed E-state index contributed by atoms with van der Waals surface area (Å²) in [5.41, 5.74) is 1.40. The first-order chi connectivity index (χ1) is 15.2. The van der Waals surface area contributed by atoms with Crippen LogP contribution in [0.4, 0.5) is 0 Å². The number of fused-ring (bicyclic) bond motifs is 2. The number of rotatable bonds is 7. The van der Waals surface area contributed by atoms with Crippen LogP contribution in [0.3, 0.4) is 0 Å². The van der Waals surface area contributed by atoms with E-state index >= 15 is 0 Å². The molecule has 4 heterocycles. The molecule has 7 nitrogen and oxygen atoms in total. The van der Waals surface area contributed by atoms with Crippen molar-refractivity contribution < 1.29 is 24.1 Å². The number of hydrogen-bond acceptors (Lipinski definition) is 7. The van der Waals surface area contributed by atoms with Crippen LogP contribution in [-0.4, -0.2) is 65.4 Å². The van der Waals surface area contributed by atoms with Gasteiger partial charge in [-0.3, -0.25) is 4.90 Å². The summed E-state index contributed by atoms with van der Waals surface area (Å²) in [6.07, 6.45) is 2.23. The molecule has 3 aliphatic heterocycles. The van der Waals surface area contributed by atoms with Crippen LogP contribution in [0.15, 0.2) is 46.9 Å². The maximum absolute atomic E-state index is 11.3. The minimum Gasteiger partial charge on any atom is -0.462 e. The summed E-state index contributed by atoms with van der Waals surface area (Å²) in [6, 6.07) is 13.9. The molecule has 31 heavy (non-hydrogen) atoms. The van der Waals surface area contributed by atoms with Gasteiger partial charge in [-0.05, 0) is 56.0 Å². The van der Waals surface area contributed by atoms with Crippen molar-refractivity contribution in [3.05, 3.63) is 59.5 Å². The highest BCUT2D eigenvalue weighted by molar-refractivity contribution is 5.15. The Kier molecular flexibility index (Phi) is 6.41. The van der Waals surface area contributed by atoms with Crippen LogP contribution in [-0.2, 0) is 29.0 Å². The van der Waals surface area contributed by atoms with Crippen molar-refractivity contribution in [2.45, 2.75) is 63.0 Å². The summed E-state index contributed by atoms with van der Waals surface area (Å²) in [7, 11) is 0. The Morgan fingerprint density at radius 1 is 1.03 bits per heavy atom. The molecule has 0 amide bonds. The number of nitrogens with zero attached hydrogens (tertiary/aromatic N) is 1. The molecule has 7 heteroatoms. The zero-order chi connectivity index (χ0) is 21.2. The molecular formula is C24H32N2O5.